The van der Waals surface area contributed by atoms with Crippen molar-refractivity contribution in [3.8, 4) is 0 Å². The van der Waals surface area contributed by atoms with Gasteiger partial charge in [-0.25, -0.2) is 4.39 Å². The maximum atomic E-state index is 13.1. The molecule has 14 heteroatoms. The molecule has 1 aliphatic heterocycles. The molecule has 0 aromatic heterocycles. The monoisotopic (exact) mass is 609 g/mol. The molecule has 224 valence electrons. The van der Waals surface area contributed by atoms with Crippen LogP contribution in [0.15, 0.2) is 71.6 Å². The first kappa shape index (κ1) is 32.5. The van der Waals surface area contributed by atoms with E-state index >= 15 is 0 Å². The Kier molecular flexibility index (Phi) is 10.5. The quantitative estimate of drug-likeness (QED) is 0.250. The molecular weight excluding hydrogens is 583 g/mol. The number of halogens is 7. The highest BCUT2D eigenvalue weighted by molar-refractivity contribution is 7.85. The van der Waals surface area contributed by atoms with Gasteiger partial charge in [0.25, 0.3) is 10.1 Å². The van der Waals surface area contributed by atoms with Gasteiger partial charge in [0.1, 0.15) is 5.82 Å². The highest BCUT2D eigenvalue weighted by Crippen LogP contribution is 2.36. The highest BCUT2D eigenvalue weighted by Gasteiger charge is 2.37. The van der Waals surface area contributed by atoms with Crippen molar-refractivity contribution in [1.82, 2.24) is 5.32 Å². The number of rotatable bonds is 6. The van der Waals surface area contributed by atoms with E-state index in [9.17, 15) is 39.2 Å². The zero-order chi connectivity index (χ0) is 30.4. The zero-order valence-electron chi connectivity index (χ0n) is 21.5. The third kappa shape index (κ3) is 9.78. The van der Waals surface area contributed by atoms with E-state index < -0.39 is 51.7 Å². The Hall–Kier alpha value is -3.04. The van der Waals surface area contributed by atoms with E-state index in [1.54, 1.807) is 24.3 Å². The first-order valence-corrected chi connectivity index (χ1v) is 13.5. The fourth-order valence-electron chi connectivity index (χ4n) is 3.84. The molecule has 3 aromatic rings. The van der Waals surface area contributed by atoms with Gasteiger partial charge in [0, 0.05) is 6.54 Å². The summed E-state index contributed by atoms with van der Waals surface area (Å²) in [4.78, 5) is -0.0666. The molecule has 1 aliphatic rings. The summed E-state index contributed by atoms with van der Waals surface area (Å²) in [5.41, 5.74) is -1.25. The van der Waals surface area contributed by atoms with E-state index in [0.29, 0.717) is 30.8 Å². The number of hydrogen-bond donors (Lipinski definition) is 2. The summed E-state index contributed by atoms with van der Waals surface area (Å²) in [6.45, 7) is 2.49. The van der Waals surface area contributed by atoms with Crippen LogP contribution in [0, 0.1) is 12.7 Å². The van der Waals surface area contributed by atoms with Crippen molar-refractivity contribution >= 4 is 10.1 Å². The molecule has 3 aromatic carbocycles. The molecule has 4 rings (SSSR count). The molecule has 0 aliphatic carbocycles. The topological polar surface area (TPSA) is 84.9 Å². The standard InChI is InChI=1S/C20H18F7NO2.C7H8O3S/c21-16-3-1-13(2-4-16)17-18(30-8-6-28-17)29-7-5-12-9-14(19(22,23)24)11-15(10-12)20(25,26)27;1-6-2-4-7(5-3-6)11(8,9)10/h1-4,9-11,17-18,28H,5-8H2;2-5H,1H3,(H,8,9,10)/t17-,18-;/m1./s1. The van der Waals surface area contributed by atoms with Gasteiger partial charge in [-0.3, -0.25) is 4.55 Å². The Morgan fingerprint density at radius 2 is 1.49 bits per heavy atom. The van der Waals surface area contributed by atoms with Crippen molar-refractivity contribution in [2.45, 2.75) is 42.9 Å². The number of nitrogens with one attached hydrogen (secondary N) is 1. The molecule has 0 bridgehead atoms. The van der Waals surface area contributed by atoms with Gasteiger partial charge in [0.15, 0.2) is 6.29 Å². The molecule has 1 heterocycles. The third-order valence-corrected chi connectivity index (χ3v) is 6.76. The summed E-state index contributed by atoms with van der Waals surface area (Å²) in [7, 11) is -4.02. The van der Waals surface area contributed by atoms with Crippen molar-refractivity contribution in [3.63, 3.8) is 0 Å². The average Bonchev–Trinajstić information content (AvgIpc) is 2.88. The van der Waals surface area contributed by atoms with Crippen LogP contribution in [0.2, 0.25) is 0 Å². The number of hydrogen-bond acceptors (Lipinski definition) is 5. The lowest BCUT2D eigenvalue weighted by Gasteiger charge is -2.33. The van der Waals surface area contributed by atoms with Crippen molar-refractivity contribution in [3.05, 3.63) is 100 Å². The van der Waals surface area contributed by atoms with E-state index in [1.807, 2.05) is 6.92 Å². The van der Waals surface area contributed by atoms with Crippen LogP contribution in [0.5, 0.6) is 0 Å². The minimum absolute atomic E-state index is 0.0666. The first-order valence-electron chi connectivity index (χ1n) is 12.1. The lowest BCUT2D eigenvalue weighted by Crippen LogP contribution is -2.43. The molecule has 6 nitrogen and oxygen atoms in total. The van der Waals surface area contributed by atoms with Crippen LogP contribution >= 0.6 is 0 Å². The lowest BCUT2D eigenvalue weighted by atomic mass is 10.0. The molecule has 1 fully saturated rings. The van der Waals surface area contributed by atoms with Crippen LogP contribution < -0.4 is 5.32 Å². The Balaban J connectivity index is 0.000000352. The summed E-state index contributed by atoms with van der Waals surface area (Å²) in [6, 6.07) is 12.6. The second kappa shape index (κ2) is 13.3. The predicted molar refractivity (Wildman–Crippen MR) is 134 cm³/mol. The van der Waals surface area contributed by atoms with Crippen LogP contribution in [0.25, 0.3) is 0 Å². The predicted octanol–water partition coefficient (Wildman–Crippen LogP) is 6.35. The molecule has 0 unspecified atom stereocenters. The van der Waals surface area contributed by atoms with E-state index in [1.165, 1.54) is 24.3 Å². The summed E-state index contributed by atoms with van der Waals surface area (Å²) in [5.74, 6) is -0.419. The summed E-state index contributed by atoms with van der Waals surface area (Å²) < 4.78 is 132. The molecule has 0 radical (unpaired) electrons. The normalized spacial score (nSPS) is 18.0. The van der Waals surface area contributed by atoms with Crippen LogP contribution in [0.1, 0.15) is 33.9 Å². The summed E-state index contributed by atoms with van der Waals surface area (Å²) >= 11 is 0. The second-order valence-electron chi connectivity index (χ2n) is 9.05. The molecule has 0 spiro atoms. The maximum Gasteiger partial charge on any atom is 0.416 e. The molecule has 0 saturated carbocycles. The first-order chi connectivity index (χ1) is 19.0. The second-order valence-corrected chi connectivity index (χ2v) is 10.5. The highest BCUT2D eigenvalue weighted by atomic mass is 32.2. The van der Waals surface area contributed by atoms with Gasteiger partial charge >= 0.3 is 12.4 Å². The van der Waals surface area contributed by atoms with Crippen LogP contribution in [-0.4, -0.2) is 39.0 Å². The maximum absolute atomic E-state index is 13.1. The van der Waals surface area contributed by atoms with E-state index in [-0.39, 0.29) is 29.6 Å². The van der Waals surface area contributed by atoms with Gasteiger partial charge in [-0.05, 0) is 66.9 Å². The minimum Gasteiger partial charge on any atom is -0.350 e. The summed E-state index contributed by atoms with van der Waals surface area (Å²) in [5, 5.41) is 3.14. The molecule has 0 amide bonds. The zero-order valence-corrected chi connectivity index (χ0v) is 22.3. The van der Waals surface area contributed by atoms with Gasteiger partial charge in [-0.15, -0.1) is 0 Å². The number of alkyl halides is 6. The fourth-order valence-corrected chi connectivity index (χ4v) is 4.32. The van der Waals surface area contributed by atoms with E-state index in [0.717, 1.165) is 5.56 Å². The van der Waals surface area contributed by atoms with Gasteiger partial charge < -0.3 is 14.8 Å². The molecular formula is C27H26F7NO5S. The van der Waals surface area contributed by atoms with Gasteiger partial charge in [-0.2, -0.15) is 34.8 Å². The van der Waals surface area contributed by atoms with E-state index in [4.69, 9.17) is 14.0 Å². The van der Waals surface area contributed by atoms with E-state index in [2.05, 4.69) is 5.32 Å². The Morgan fingerprint density at radius 1 is 0.927 bits per heavy atom. The minimum atomic E-state index is -4.90. The summed E-state index contributed by atoms with van der Waals surface area (Å²) in [6.07, 6.45) is -10.8. The van der Waals surface area contributed by atoms with Crippen molar-refractivity contribution in [2.24, 2.45) is 0 Å². The van der Waals surface area contributed by atoms with Crippen LogP contribution in [0.4, 0.5) is 30.7 Å². The van der Waals surface area contributed by atoms with Crippen LogP contribution in [-0.2, 0) is 38.4 Å². The van der Waals surface area contributed by atoms with Gasteiger partial charge in [0.2, 0.25) is 0 Å². The fraction of sp³-hybridized carbons (Fsp3) is 0.333. The average molecular weight is 610 g/mol. The Bertz CT molecular complexity index is 1360. The lowest BCUT2D eigenvalue weighted by molar-refractivity contribution is -0.177. The van der Waals surface area contributed by atoms with Gasteiger partial charge in [-0.1, -0.05) is 29.8 Å². The van der Waals surface area contributed by atoms with Crippen molar-refractivity contribution in [1.29, 1.82) is 0 Å². The molecule has 1 saturated heterocycles. The largest absolute Gasteiger partial charge is 0.416 e. The van der Waals surface area contributed by atoms with Crippen LogP contribution in [0.3, 0.4) is 0 Å². The number of morpholine rings is 1. The molecule has 2 atom stereocenters. The Labute approximate surface area is 231 Å². The number of ether oxygens (including phenoxy) is 2. The van der Waals surface area contributed by atoms with Crippen molar-refractivity contribution < 1.29 is 53.2 Å². The number of aryl methyl sites for hydroxylation is 1. The molecule has 2 N–H and O–H groups in total. The smallest absolute Gasteiger partial charge is 0.350 e. The SMILES string of the molecule is Cc1ccc(S(=O)(=O)O)cc1.Fc1ccc([C@H]2NCCO[C@H]2OCCc2cc(C(F)(F)F)cc(C(F)(F)F)c2)cc1. The Morgan fingerprint density at radius 3 is 2.00 bits per heavy atom. The third-order valence-electron chi connectivity index (χ3n) is 5.89. The van der Waals surface area contributed by atoms with Gasteiger partial charge in [0.05, 0.1) is 35.3 Å². The van der Waals surface area contributed by atoms with Crippen molar-refractivity contribution in [2.75, 3.05) is 19.8 Å². The number of benzene rings is 3. The molecule has 41 heavy (non-hydrogen) atoms.